The Morgan fingerprint density at radius 1 is 1.00 bits per heavy atom. The largest absolute Gasteiger partial charge is 0.489 e. The van der Waals surface area contributed by atoms with Gasteiger partial charge in [-0.05, 0) is 54.4 Å². The van der Waals surface area contributed by atoms with Crippen molar-refractivity contribution in [2.24, 2.45) is 0 Å². The average molecular weight is 409 g/mol. The number of carbonyl (C=O) groups is 1. The number of nitrogens with one attached hydrogen (secondary N) is 1. The maximum absolute atomic E-state index is 13.2. The zero-order valence-electron chi connectivity index (χ0n) is 16.6. The van der Waals surface area contributed by atoms with Crippen molar-refractivity contribution >= 4 is 11.7 Å². The fourth-order valence-corrected chi connectivity index (χ4v) is 2.95. The van der Waals surface area contributed by atoms with Crippen molar-refractivity contribution in [2.75, 3.05) is 11.9 Å². The molecule has 0 aliphatic carbocycles. The molecule has 0 radical (unpaired) electrons. The van der Waals surface area contributed by atoms with Gasteiger partial charge in [-0.2, -0.15) is 0 Å². The van der Waals surface area contributed by atoms with E-state index < -0.39 is 18.1 Å². The summed E-state index contributed by atoms with van der Waals surface area (Å²) >= 11 is 0. The normalized spacial score (nSPS) is 12.6. The summed E-state index contributed by atoms with van der Waals surface area (Å²) in [6.07, 6.45) is -1.44. The number of aliphatic hydroxyl groups excluding tert-OH is 1. The topological polar surface area (TPSA) is 67.8 Å². The van der Waals surface area contributed by atoms with Crippen LogP contribution in [0.2, 0.25) is 0 Å². The van der Waals surface area contributed by atoms with Crippen molar-refractivity contribution in [1.29, 1.82) is 0 Å². The molecule has 0 amide bonds. The predicted octanol–water partition coefficient (Wildman–Crippen LogP) is 4.48. The molecular formula is C24H24FNO4. The van der Waals surface area contributed by atoms with E-state index in [0.29, 0.717) is 23.6 Å². The minimum atomic E-state index is -1.44. The van der Waals surface area contributed by atoms with E-state index in [9.17, 15) is 14.3 Å². The molecule has 30 heavy (non-hydrogen) atoms. The lowest BCUT2D eigenvalue weighted by atomic mass is 10.0. The van der Waals surface area contributed by atoms with Gasteiger partial charge in [-0.15, -0.1) is 0 Å². The molecule has 0 bridgehead atoms. The summed E-state index contributed by atoms with van der Waals surface area (Å²) in [5, 5.41) is 13.6. The van der Waals surface area contributed by atoms with Crippen LogP contribution in [-0.2, 0) is 16.1 Å². The molecule has 156 valence electrons. The van der Waals surface area contributed by atoms with Crippen molar-refractivity contribution in [3.05, 3.63) is 95.8 Å². The van der Waals surface area contributed by atoms with E-state index in [2.05, 4.69) is 5.32 Å². The first-order valence-corrected chi connectivity index (χ1v) is 9.70. The van der Waals surface area contributed by atoms with Crippen molar-refractivity contribution < 1.29 is 23.8 Å². The van der Waals surface area contributed by atoms with E-state index in [-0.39, 0.29) is 12.4 Å². The summed E-state index contributed by atoms with van der Waals surface area (Å²) in [6, 6.07) is 21.8. The van der Waals surface area contributed by atoms with Gasteiger partial charge in [0.1, 0.15) is 18.2 Å². The van der Waals surface area contributed by atoms with Crippen LogP contribution < -0.4 is 10.1 Å². The number of ether oxygens (including phenoxy) is 2. The Labute approximate surface area is 175 Å². The van der Waals surface area contributed by atoms with Crippen LogP contribution in [0.4, 0.5) is 10.1 Å². The number of hydrogen-bond donors (Lipinski definition) is 2. The van der Waals surface area contributed by atoms with Crippen LogP contribution in [0.25, 0.3) is 0 Å². The number of hydrogen-bond acceptors (Lipinski definition) is 5. The number of anilines is 1. The first kappa shape index (κ1) is 21.3. The van der Waals surface area contributed by atoms with Crippen molar-refractivity contribution in [1.82, 2.24) is 0 Å². The van der Waals surface area contributed by atoms with E-state index in [0.717, 1.165) is 5.56 Å². The SMILES string of the molecule is CCOC(=O)[C@H](O)[C@@H](Nc1ccc(F)cc1)c1ccc(OCc2ccccc2)cc1. The molecule has 0 aromatic heterocycles. The molecule has 2 atom stereocenters. The van der Waals surface area contributed by atoms with Gasteiger partial charge >= 0.3 is 5.97 Å². The third kappa shape index (κ3) is 5.81. The number of halogens is 1. The Hall–Kier alpha value is -3.38. The molecule has 0 saturated carbocycles. The van der Waals surface area contributed by atoms with E-state index in [1.807, 2.05) is 30.3 Å². The minimum absolute atomic E-state index is 0.158. The van der Waals surface area contributed by atoms with Gasteiger partial charge in [0.2, 0.25) is 0 Å². The Morgan fingerprint density at radius 2 is 1.67 bits per heavy atom. The van der Waals surface area contributed by atoms with Crippen LogP contribution in [0.15, 0.2) is 78.9 Å². The number of rotatable bonds is 9. The predicted molar refractivity (Wildman–Crippen MR) is 113 cm³/mol. The Balaban J connectivity index is 1.75. The molecule has 3 aromatic carbocycles. The highest BCUT2D eigenvalue weighted by Gasteiger charge is 2.29. The number of aliphatic hydroxyl groups is 1. The molecule has 6 heteroatoms. The molecule has 0 spiro atoms. The summed E-state index contributed by atoms with van der Waals surface area (Å²) < 4.78 is 24.0. The molecule has 3 aromatic rings. The maximum atomic E-state index is 13.2. The highest BCUT2D eigenvalue weighted by molar-refractivity contribution is 5.76. The summed E-state index contributed by atoms with van der Waals surface area (Å²) in [7, 11) is 0. The summed E-state index contributed by atoms with van der Waals surface area (Å²) in [5.41, 5.74) is 2.27. The summed E-state index contributed by atoms with van der Waals surface area (Å²) in [4.78, 5) is 12.1. The lowest BCUT2D eigenvalue weighted by Crippen LogP contribution is -2.34. The Morgan fingerprint density at radius 3 is 2.30 bits per heavy atom. The standard InChI is InChI=1S/C24H24FNO4/c1-2-29-24(28)23(27)22(26-20-12-10-19(25)11-13-20)18-8-14-21(15-9-18)30-16-17-6-4-3-5-7-17/h3-15,22-23,26-27H,2,16H2,1H3/t22-,23+/m0/s1. The van der Waals surface area contributed by atoms with Gasteiger partial charge < -0.3 is 19.9 Å². The molecule has 5 nitrogen and oxygen atoms in total. The monoisotopic (exact) mass is 409 g/mol. The van der Waals surface area contributed by atoms with Crippen LogP contribution in [0.1, 0.15) is 24.1 Å². The third-order valence-electron chi connectivity index (χ3n) is 4.50. The molecule has 0 fully saturated rings. The highest BCUT2D eigenvalue weighted by Crippen LogP contribution is 2.26. The molecule has 0 aliphatic heterocycles. The Bertz CT molecular complexity index is 930. The molecule has 0 saturated heterocycles. The van der Waals surface area contributed by atoms with Crippen LogP contribution in [0.3, 0.4) is 0 Å². The van der Waals surface area contributed by atoms with Crippen LogP contribution in [0.5, 0.6) is 5.75 Å². The first-order valence-electron chi connectivity index (χ1n) is 9.70. The second-order valence-electron chi connectivity index (χ2n) is 6.67. The highest BCUT2D eigenvalue weighted by atomic mass is 19.1. The van der Waals surface area contributed by atoms with Gasteiger partial charge in [0.25, 0.3) is 0 Å². The van der Waals surface area contributed by atoms with Crippen LogP contribution >= 0.6 is 0 Å². The van der Waals surface area contributed by atoms with Crippen molar-refractivity contribution in [3.63, 3.8) is 0 Å². The summed E-state index contributed by atoms with van der Waals surface area (Å²) in [6.45, 7) is 2.26. The van der Waals surface area contributed by atoms with Gasteiger partial charge in [0, 0.05) is 5.69 Å². The molecular weight excluding hydrogens is 385 g/mol. The maximum Gasteiger partial charge on any atom is 0.337 e. The average Bonchev–Trinajstić information content (AvgIpc) is 2.78. The lowest BCUT2D eigenvalue weighted by Gasteiger charge is -2.24. The summed E-state index contributed by atoms with van der Waals surface area (Å²) in [5.74, 6) is -0.446. The number of carbonyl (C=O) groups excluding carboxylic acids is 1. The van der Waals surface area contributed by atoms with Gasteiger partial charge in [0.15, 0.2) is 6.10 Å². The quantitative estimate of drug-likeness (QED) is 0.510. The molecule has 0 unspecified atom stereocenters. The van der Waals surface area contributed by atoms with Gasteiger partial charge in [-0.3, -0.25) is 0 Å². The van der Waals surface area contributed by atoms with Gasteiger partial charge in [-0.25, -0.2) is 9.18 Å². The van der Waals surface area contributed by atoms with Crippen LogP contribution in [0, 0.1) is 5.82 Å². The lowest BCUT2D eigenvalue weighted by molar-refractivity contribution is -0.153. The molecule has 2 N–H and O–H groups in total. The first-order chi connectivity index (χ1) is 14.6. The molecule has 0 aliphatic rings. The Kier molecular flexibility index (Phi) is 7.40. The fraction of sp³-hybridized carbons (Fsp3) is 0.208. The van der Waals surface area contributed by atoms with E-state index in [1.54, 1.807) is 31.2 Å². The second-order valence-corrected chi connectivity index (χ2v) is 6.67. The minimum Gasteiger partial charge on any atom is -0.489 e. The zero-order valence-corrected chi connectivity index (χ0v) is 16.6. The van der Waals surface area contributed by atoms with E-state index in [4.69, 9.17) is 9.47 Å². The van der Waals surface area contributed by atoms with Crippen molar-refractivity contribution in [2.45, 2.75) is 25.7 Å². The molecule has 3 rings (SSSR count). The van der Waals surface area contributed by atoms with Gasteiger partial charge in [-0.1, -0.05) is 42.5 Å². The smallest absolute Gasteiger partial charge is 0.337 e. The zero-order chi connectivity index (χ0) is 21.3. The third-order valence-corrected chi connectivity index (χ3v) is 4.50. The number of esters is 1. The van der Waals surface area contributed by atoms with Gasteiger partial charge in [0.05, 0.1) is 12.6 Å². The second kappa shape index (κ2) is 10.4. The fourth-order valence-electron chi connectivity index (χ4n) is 2.95. The number of benzene rings is 3. The van der Waals surface area contributed by atoms with E-state index >= 15 is 0 Å². The molecule has 0 heterocycles. The van der Waals surface area contributed by atoms with Crippen LogP contribution in [-0.4, -0.2) is 23.8 Å². The van der Waals surface area contributed by atoms with Crippen molar-refractivity contribution in [3.8, 4) is 5.75 Å². The van der Waals surface area contributed by atoms with E-state index in [1.165, 1.54) is 24.3 Å².